The van der Waals surface area contributed by atoms with Crippen molar-refractivity contribution in [3.05, 3.63) is 73.8 Å². The number of ether oxygens (including phenoxy) is 2. The van der Waals surface area contributed by atoms with Gasteiger partial charge >= 0.3 is 11.9 Å². The van der Waals surface area contributed by atoms with E-state index >= 15 is 0 Å². The van der Waals surface area contributed by atoms with Crippen molar-refractivity contribution in [2.45, 2.75) is 47.3 Å². The Labute approximate surface area is 207 Å². The van der Waals surface area contributed by atoms with Gasteiger partial charge in [0.05, 0.1) is 30.1 Å². The second-order valence-electron chi connectivity index (χ2n) is 7.76. The quantitative estimate of drug-likeness (QED) is 0.337. The van der Waals surface area contributed by atoms with Gasteiger partial charge in [-0.2, -0.15) is 5.10 Å². The van der Waals surface area contributed by atoms with Gasteiger partial charge in [-0.05, 0) is 51.8 Å². The van der Waals surface area contributed by atoms with Gasteiger partial charge in [-0.3, -0.25) is 4.79 Å². The molecule has 180 valence electrons. The lowest BCUT2D eigenvalue weighted by Gasteiger charge is -2.12. The van der Waals surface area contributed by atoms with Crippen LogP contribution in [0.5, 0.6) is 0 Å². The maximum atomic E-state index is 13.0. The van der Waals surface area contributed by atoms with Gasteiger partial charge in [-0.15, -0.1) is 0 Å². The molecule has 3 aromatic rings. The molecule has 0 saturated heterocycles. The third kappa shape index (κ3) is 5.03. The number of aromatic nitrogens is 3. The number of aromatic amines is 1. The third-order valence-electron chi connectivity index (χ3n) is 5.36. The van der Waals surface area contributed by atoms with Crippen LogP contribution < -0.4 is 0 Å². The highest BCUT2D eigenvalue weighted by Gasteiger charge is 2.30. The zero-order valence-corrected chi connectivity index (χ0v) is 21.0. The maximum absolute atomic E-state index is 13.0. The minimum absolute atomic E-state index is 0.0694. The number of halogens is 2. The smallest absolute Gasteiger partial charge is 0.343 e. The molecule has 3 rings (SSSR count). The lowest BCUT2D eigenvalue weighted by Crippen LogP contribution is -2.25. The first-order chi connectivity index (χ1) is 16.1. The van der Waals surface area contributed by atoms with Crippen LogP contribution >= 0.6 is 23.2 Å². The predicted molar refractivity (Wildman–Crippen MR) is 128 cm³/mol. The summed E-state index contributed by atoms with van der Waals surface area (Å²) in [6.07, 6.45) is -1.14. The highest BCUT2D eigenvalue weighted by Crippen LogP contribution is 2.25. The van der Waals surface area contributed by atoms with Crippen LogP contribution in [0.15, 0.2) is 24.3 Å². The fourth-order valence-corrected chi connectivity index (χ4v) is 4.17. The average Bonchev–Trinajstić information content (AvgIpc) is 3.23. The highest BCUT2D eigenvalue weighted by atomic mass is 35.5. The number of rotatable bonds is 8. The monoisotopic (exact) mass is 505 g/mol. The van der Waals surface area contributed by atoms with Gasteiger partial charge in [0.25, 0.3) is 0 Å². The van der Waals surface area contributed by atoms with Crippen LogP contribution in [-0.4, -0.2) is 45.2 Å². The summed E-state index contributed by atoms with van der Waals surface area (Å²) in [6.45, 7) is 8.57. The molecule has 0 aliphatic rings. The molecule has 0 bridgehead atoms. The van der Waals surface area contributed by atoms with E-state index < -0.39 is 23.8 Å². The molecule has 0 fully saturated rings. The number of aryl methyl sites for hydroxylation is 2. The number of Topliss-reactive ketones (excluding diaryl/α,β-unsaturated/α-hetero) is 1. The summed E-state index contributed by atoms with van der Waals surface area (Å²) in [4.78, 5) is 41.0. The van der Waals surface area contributed by atoms with Crippen molar-refractivity contribution >= 4 is 40.9 Å². The summed E-state index contributed by atoms with van der Waals surface area (Å²) < 4.78 is 11.9. The van der Waals surface area contributed by atoms with E-state index in [4.69, 9.17) is 32.7 Å². The number of nitrogens with zero attached hydrogens (tertiary/aromatic N) is 2. The molecule has 0 spiro atoms. The lowest BCUT2D eigenvalue weighted by atomic mass is 10.1. The number of hydrogen-bond acceptors (Lipinski definition) is 6. The summed E-state index contributed by atoms with van der Waals surface area (Å²) in [5.41, 5.74) is 2.62. The number of esters is 2. The van der Waals surface area contributed by atoms with Crippen LogP contribution in [0, 0.1) is 20.8 Å². The summed E-state index contributed by atoms with van der Waals surface area (Å²) >= 11 is 12.6. The first-order valence-corrected chi connectivity index (χ1v) is 11.4. The third-order valence-corrected chi connectivity index (χ3v) is 6.12. The van der Waals surface area contributed by atoms with Crippen molar-refractivity contribution in [1.82, 2.24) is 14.8 Å². The van der Waals surface area contributed by atoms with Crippen molar-refractivity contribution in [2.24, 2.45) is 0 Å². The Morgan fingerprint density at radius 1 is 1.09 bits per heavy atom. The second kappa shape index (κ2) is 10.4. The van der Waals surface area contributed by atoms with E-state index in [1.807, 2.05) is 18.2 Å². The van der Waals surface area contributed by atoms with Crippen molar-refractivity contribution in [1.29, 1.82) is 0 Å². The zero-order valence-electron chi connectivity index (χ0n) is 19.5. The van der Waals surface area contributed by atoms with E-state index in [0.29, 0.717) is 27.5 Å². The van der Waals surface area contributed by atoms with E-state index in [9.17, 15) is 14.4 Å². The number of H-pyrrole nitrogens is 1. The first kappa shape index (κ1) is 25.5. The van der Waals surface area contributed by atoms with E-state index in [0.717, 1.165) is 5.56 Å². The molecule has 0 aliphatic carbocycles. The van der Waals surface area contributed by atoms with Gasteiger partial charge in [0.2, 0.25) is 5.78 Å². The molecular weight excluding hydrogens is 481 g/mol. The predicted octanol–water partition coefficient (Wildman–Crippen LogP) is 5.10. The molecular formula is C24H25Cl2N3O5. The van der Waals surface area contributed by atoms with E-state index in [2.05, 4.69) is 10.1 Å². The van der Waals surface area contributed by atoms with Gasteiger partial charge in [-0.1, -0.05) is 41.4 Å². The molecule has 0 unspecified atom stereocenters. The van der Waals surface area contributed by atoms with Crippen molar-refractivity contribution in [2.75, 3.05) is 6.61 Å². The summed E-state index contributed by atoms with van der Waals surface area (Å²) in [7, 11) is 0. The molecule has 10 heteroatoms. The molecule has 2 heterocycles. The van der Waals surface area contributed by atoms with Crippen LogP contribution in [-0.2, 0) is 16.0 Å². The van der Waals surface area contributed by atoms with Gasteiger partial charge in [0, 0.05) is 10.7 Å². The number of nitrogens with one attached hydrogen (secondary N) is 1. The SMILES string of the molecule is CCOC(=O)c1c(C)[nH]c(C(=O)[C@H](C)OC(=O)c2c(C)nn(Cc3ccccc3Cl)c2Cl)c1C. The number of ketones is 1. The minimum Gasteiger partial charge on any atom is -0.462 e. The molecule has 0 saturated carbocycles. The van der Waals surface area contributed by atoms with E-state index in [1.54, 1.807) is 33.8 Å². The second-order valence-corrected chi connectivity index (χ2v) is 8.52. The van der Waals surface area contributed by atoms with Gasteiger partial charge in [-0.25, -0.2) is 14.3 Å². The Morgan fingerprint density at radius 2 is 1.76 bits per heavy atom. The number of carbonyl (C=O) groups is 3. The fraction of sp³-hybridized carbons (Fsp3) is 0.333. The van der Waals surface area contributed by atoms with E-state index in [-0.39, 0.29) is 29.6 Å². The van der Waals surface area contributed by atoms with Crippen LogP contribution in [0.4, 0.5) is 0 Å². The topological polar surface area (TPSA) is 103 Å². The van der Waals surface area contributed by atoms with Gasteiger partial charge < -0.3 is 14.5 Å². The number of carbonyl (C=O) groups excluding carboxylic acids is 3. The molecule has 8 nitrogen and oxygen atoms in total. The summed E-state index contributed by atoms with van der Waals surface area (Å²) in [6, 6.07) is 7.23. The Bertz CT molecular complexity index is 1260. The van der Waals surface area contributed by atoms with Crippen LogP contribution in [0.2, 0.25) is 10.2 Å². The van der Waals surface area contributed by atoms with Crippen LogP contribution in [0.25, 0.3) is 0 Å². The van der Waals surface area contributed by atoms with Crippen molar-refractivity contribution < 1.29 is 23.9 Å². The maximum Gasteiger partial charge on any atom is 0.343 e. The average molecular weight is 506 g/mol. The Hall–Kier alpha value is -3.10. The van der Waals surface area contributed by atoms with Crippen LogP contribution in [0.1, 0.15) is 67.6 Å². The van der Waals surface area contributed by atoms with Crippen molar-refractivity contribution in [3.8, 4) is 0 Å². The normalized spacial score (nSPS) is 11.9. The molecule has 0 aliphatic heterocycles. The summed E-state index contributed by atoms with van der Waals surface area (Å²) in [5.74, 6) is -1.78. The molecule has 0 radical (unpaired) electrons. The number of hydrogen-bond donors (Lipinski definition) is 1. The Balaban J connectivity index is 1.79. The zero-order chi connectivity index (χ0) is 25.2. The molecule has 0 amide bonds. The molecule has 1 aromatic carbocycles. The minimum atomic E-state index is -1.14. The van der Waals surface area contributed by atoms with Crippen molar-refractivity contribution in [3.63, 3.8) is 0 Å². The van der Waals surface area contributed by atoms with E-state index in [1.165, 1.54) is 11.6 Å². The first-order valence-electron chi connectivity index (χ1n) is 10.6. The fourth-order valence-electron chi connectivity index (χ4n) is 3.66. The Kier molecular flexibility index (Phi) is 7.84. The molecule has 2 aromatic heterocycles. The Morgan fingerprint density at radius 3 is 2.41 bits per heavy atom. The largest absolute Gasteiger partial charge is 0.462 e. The number of benzene rings is 1. The van der Waals surface area contributed by atoms with Gasteiger partial charge in [0.1, 0.15) is 10.7 Å². The van der Waals surface area contributed by atoms with Gasteiger partial charge in [0.15, 0.2) is 6.10 Å². The molecule has 1 atom stereocenters. The summed E-state index contributed by atoms with van der Waals surface area (Å²) in [5, 5.41) is 4.96. The molecule has 34 heavy (non-hydrogen) atoms. The van der Waals surface area contributed by atoms with Crippen LogP contribution in [0.3, 0.4) is 0 Å². The highest BCUT2D eigenvalue weighted by molar-refractivity contribution is 6.33. The standard InChI is InChI=1S/C24H25Cl2N3O5/c1-6-33-23(31)18-12(2)20(27-13(18)3)21(30)15(5)34-24(32)19-14(4)28-29(22(19)26)11-16-9-7-8-10-17(16)25/h7-10,15,27H,6,11H2,1-5H3/t15-/m0/s1. The molecule has 1 N–H and O–H groups in total. The lowest BCUT2D eigenvalue weighted by molar-refractivity contribution is 0.0316.